The first-order chi connectivity index (χ1) is 13.0. The molecule has 0 unspecified atom stereocenters. The van der Waals surface area contributed by atoms with Crippen molar-refractivity contribution in [2.24, 2.45) is 0 Å². The van der Waals surface area contributed by atoms with Crippen molar-refractivity contribution in [3.63, 3.8) is 0 Å². The highest BCUT2D eigenvalue weighted by atomic mass is 16.2. The molecule has 138 valence electrons. The van der Waals surface area contributed by atoms with Crippen LogP contribution in [0.15, 0.2) is 30.7 Å². The molecular formula is C20H22N6O. The van der Waals surface area contributed by atoms with E-state index in [0.29, 0.717) is 5.82 Å². The van der Waals surface area contributed by atoms with E-state index in [1.807, 2.05) is 29.8 Å². The maximum Gasteiger partial charge on any atom is 0.252 e. The molecule has 4 heterocycles. The average Bonchev–Trinajstić information content (AvgIpc) is 3.19. The number of benzene rings is 1. The van der Waals surface area contributed by atoms with Gasteiger partial charge in [-0.2, -0.15) is 0 Å². The number of likely N-dealkylation sites (tertiary alicyclic amines) is 1. The summed E-state index contributed by atoms with van der Waals surface area (Å²) in [4.78, 5) is 23.5. The number of nitrogen functional groups attached to an aromatic ring is 1. The van der Waals surface area contributed by atoms with Crippen molar-refractivity contribution >= 4 is 22.8 Å². The molecule has 0 aliphatic carbocycles. The van der Waals surface area contributed by atoms with Gasteiger partial charge in [0.1, 0.15) is 17.8 Å². The molecule has 27 heavy (non-hydrogen) atoms. The zero-order valence-electron chi connectivity index (χ0n) is 15.5. The molecule has 1 fully saturated rings. The van der Waals surface area contributed by atoms with Crippen LogP contribution in [-0.2, 0) is 5.54 Å². The molecule has 3 N–H and O–H groups in total. The van der Waals surface area contributed by atoms with Gasteiger partial charge in [0, 0.05) is 30.5 Å². The Hall–Kier alpha value is -2.93. The molecule has 2 aromatic heterocycles. The van der Waals surface area contributed by atoms with E-state index >= 15 is 0 Å². The number of fused-ring (bicyclic) bond motifs is 3. The maximum atomic E-state index is 12.7. The molecule has 0 atom stereocenters. The monoisotopic (exact) mass is 362 g/mol. The van der Waals surface area contributed by atoms with Gasteiger partial charge in [-0.1, -0.05) is 0 Å². The Morgan fingerprint density at radius 2 is 2.00 bits per heavy atom. The van der Waals surface area contributed by atoms with Crippen molar-refractivity contribution in [1.82, 2.24) is 24.8 Å². The van der Waals surface area contributed by atoms with Crippen LogP contribution in [0.4, 0.5) is 5.82 Å². The summed E-state index contributed by atoms with van der Waals surface area (Å²) in [5.41, 5.74) is 10.4. The maximum absolute atomic E-state index is 12.7. The lowest BCUT2D eigenvalue weighted by atomic mass is 9.81. The van der Waals surface area contributed by atoms with E-state index in [9.17, 15) is 4.79 Å². The molecule has 0 radical (unpaired) electrons. The highest BCUT2D eigenvalue weighted by Gasteiger charge is 2.45. The Labute approximate surface area is 157 Å². The molecule has 7 nitrogen and oxygen atoms in total. The Morgan fingerprint density at radius 1 is 1.22 bits per heavy atom. The zero-order valence-corrected chi connectivity index (χ0v) is 15.5. The summed E-state index contributed by atoms with van der Waals surface area (Å²) in [6.07, 6.45) is 5.29. The molecule has 0 bridgehead atoms. The van der Waals surface area contributed by atoms with Gasteiger partial charge in [-0.05, 0) is 56.1 Å². The van der Waals surface area contributed by atoms with Crippen molar-refractivity contribution in [3.05, 3.63) is 47.4 Å². The van der Waals surface area contributed by atoms with Gasteiger partial charge in [0.15, 0.2) is 0 Å². The second-order valence-corrected chi connectivity index (χ2v) is 7.71. The Bertz CT molecular complexity index is 1080. The van der Waals surface area contributed by atoms with Gasteiger partial charge < -0.3 is 20.5 Å². The van der Waals surface area contributed by atoms with E-state index in [4.69, 9.17) is 5.73 Å². The fourth-order valence-corrected chi connectivity index (χ4v) is 4.51. The van der Waals surface area contributed by atoms with Crippen LogP contribution < -0.4 is 11.1 Å². The van der Waals surface area contributed by atoms with E-state index in [1.54, 1.807) is 0 Å². The molecular weight excluding hydrogens is 340 g/mol. The predicted octanol–water partition coefficient (Wildman–Crippen LogP) is 1.98. The summed E-state index contributed by atoms with van der Waals surface area (Å²) in [6.45, 7) is 3.95. The number of nitrogens with one attached hydrogen (secondary N) is 1. The van der Waals surface area contributed by atoms with Gasteiger partial charge in [-0.25, -0.2) is 9.97 Å². The minimum absolute atomic E-state index is 0.0440. The summed E-state index contributed by atoms with van der Waals surface area (Å²) in [6, 6.07) is 6.12. The van der Waals surface area contributed by atoms with Crippen molar-refractivity contribution in [3.8, 4) is 5.69 Å². The van der Waals surface area contributed by atoms with Crippen LogP contribution in [0, 0.1) is 6.92 Å². The zero-order chi connectivity index (χ0) is 18.8. The molecule has 2 aliphatic heterocycles. The van der Waals surface area contributed by atoms with Gasteiger partial charge in [-0.15, -0.1) is 0 Å². The van der Waals surface area contributed by atoms with Gasteiger partial charge >= 0.3 is 0 Å². The minimum Gasteiger partial charge on any atom is -0.383 e. The highest BCUT2D eigenvalue weighted by Crippen LogP contribution is 2.41. The Morgan fingerprint density at radius 3 is 2.78 bits per heavy atom. The van der Waals surface area contributed by atoms with Crippen molar-refractivity contribution in [2.45, 2.75) is 25.3 Å². The third kappa shape index (κ3) is 2.28. The van der Waals surface area contributed by atoms with Crippen LogP contribution in [0.25, 0.3) is 16.7 Å². The first-order valence-electron chi connectivity index (χ1n) is 9.23. The number of amides is 1. The molecule has 2 aliphatic rings. The number of anilines is 1. The number of hydrogen-bond acceptors (Lipinski definition) is 5. The standard InChI is InChI=1S/C20H22N6O/c1-12-9-13(26-6-3-14-17(21)22-11-23-18(14)26)10-15-16(12)19(27)24-20(15)4-7-25(2)8-5-20/h3,6,9-11H,4-5,7-8H2,1-2H3,(H,24,27)(H2,21,22,23). The number of aromatic nitrogens is 3. The van der Waals surface area contributed by atoms with Gasteiger partial charge in [0.05, 0.1) is 10.9 Å². The number of nitrogens with zero attached hydrogens (tertiary/aromatic N) is 4. The number of nitrogens with two attached hydrogens (primary N) is 1. The summed E-state index contributed by atoms with van der Waals surface area (Å²) in [7, 11) is 2.13. The summed E-state index contributed by atoms with van der Waals surface area (Å²) in [5, 5.41) is 4.13. The quantitative estimate of drug-likeness (QED) is 0.691. The van der Waals surface area contributed by atoms with E-state index in [0.717, 1.165) is 59.3 Å². The predicted molar refractivity (Wildman–Crippen MR) is 104 cm³/mol. The molecule has 1 saturated heterocycles. The second-order valence-electron chi connectivity index (χ2n) is 7.71. The minimum atomic E-state index is -0.267. The Kier molecular flexibility index (Phi) is 3.33. The first-order valence-corrected chi connectivity index (χ1v) is 9.23. The molecule has 1 spiro atoms. The summed E-state index contributed by atoms with van der Waals surface area (Å²) < 4.78 is 2.02. The summed E-state index contributed by atoms with van der Waals surface area (Å²) in [5.74, 6) is 0.516. The topological polar surface area (TPSA) is 89.1 Å². The number of carbonyl (C=O) groups excluding carboxylic acids is 1. The number of piperidine rings is 1. The Balaban J connectivity index is 1.70. The largest absolute Gasteiger partial charge is 0.383 e. The second kappa shape index (κ2) is 5.53. The van der Waals surface area contributed by atoms with Crippen molar-refractivity contribution in [2.75, 3.05) is 25.9 Å². The van der Waals surface area contributed by atoms with Crippen molar-refractivity contribution < 1.29 is 4.79 Å². The lowest BCUT2D eigenvalue weighted by Gasteiger charge is -2.38. The number of aryl methyl sites for hydroxylation is 1. The van der Waals surface area contributed by atoms with Gasteiger partial charge in [-0.3, -0.25) is 4.79 Å². The average molecular weight is 362 g/mol. The summed E-state index contributed by atoms with van der Waals surface area (Å²) >= 11 is 0. The van der Waals surface area contributed by atoms with E-state index in [2.05, 4.69) is 33.3 Å². The fourth-order valence-electron chi connectivity index (χ4n) is 4.51. The van der Waals surface area contributed by atoms with Crippen LogP contribution in [0.5, 0.6) is 0 Å². The highest BCUT2D eigenvalue weighted by molar-refractivity contribution is 6.02. The fraction of sp³-hybridized carbons (Fsp3) is 0.350. The van der Waals surface area contributed by atoms with Crippen LogP contribution in [0.2, 0.25) is 0 Å². The smallest absolute Gasteiger partial charge is 0.252 e. The van der Waals surface area contributed by atoms with E-state index in [1.165, 1.54) is 6.33 Å². The molecule has 1 amide bonds. The number of carbonyl (C=O) groups is 1. The normalized spacial score (nSPS) is 18.8. The molecule has 0 saturated carbocycles. The molecule has 3 aromatic rings. The molecule has 1 aromatic carbocycles. The van der Waals surface area contributed by atoms with Crippen LogP contribution in [0.3, 0.4) is 0 Å². The molecule has 7 heteroatoms. The third-order valence-corrected chi connectivity index (χ3v) is 6.05. The van der Waals surface area contributed by atoms with Crippen molar-refractivity contribution in [1.29, 1.82) is 0 Å². The van der Waals surface area contributed by atoms with Gasteiger partial charge in [0.25, 0.3) is 5.91 Å². The van der Waals surface area contributed by atoms with Crippen LogP contribution in [-0.4, -0.2) is 45.5 Å². The van der Waals surface area contributed by atoms with Gasteiger partial charge in [0.2, 0.25) is 0 Å². The van der Waals surface area contributed by atoms with E-state index in [-0.39, 0.29) is 11.4 Å². The first kappa shape index (κ1) is 16.3. The van der Waals surface area contributed by atoms with Crippen LogP contribution in [0.1, 0.15) is 34.3 Å². The third-order valence-electron chi connectivity index (χ3n) is 6.05. The van der Waals surface area contributed by atoms with Crippen LogP contribution >= 0.6 is 0 Å². The number of rotatable bonds is 1. The van der Waals surface area contributed by atoms with E-state index < -0.39 is 0 Å². The molecule has 5 rings (SSSR count). The SMILES string of the molecule is Cc1cc(-n2ccc3c(N)ncnc32)cc2c1C(=O)NC21CCN(C)CC1. The lowest BCUT2D eigenvalue weighted by Crippen LogP contribution is -2.48. The lowest BCUT2D eigenvalue weighted by molar-refractivity contribution is 0.0880. The number of hydrogen-bond donors (Lipinski definition) is 2.